The molecule has 1 aromatic heterocycles. The fourth-order valence-electron chi connectivity index (χ4n) is 2.25. The number of rotatable bonds is 5. The standard InChI is InChI=1S/C19H17BrN4O3/c1-13(27-17-9-5-6-15(20)10-17)18(25)22-23-19(26)14-11-21-24(12-14)16-7-3-2-4-8-16/h2-13H,1H3,(H,22,25)(H,23,26). The molecule has 0 aliphatic carbocycles. The summed E-state index contributed by atoms with van der Waals surface area (Å²) < 4.78 is 7.97. The lowest BCUT2D eigenvalue weighted by molar-refractivity contribution is -0.128. The number of aromatic nitrogens is 2. The maximum absolute atomic E-state index is 12.2. The smallest absolute Gasteiger partial charge is 0.279 e. The lowest BCUT2D eigenvalue weighted by Crippen LogP contribution is -2.47. The van der Waals surface area contributed by atoms with Crippen LogP contribution in [-0.2, 0) is 4.79 Å². The third kappa shape index (κ3) is 4.95. The van der Waals surface area contributed by atoms with E-state index in [0.717, 1.165) is 10.2 Å². The van der Waals surface area contributed by atoms with Gasteiger partial charge in [-0.3, -0.25) is 20.4 Å². The molecule has 0 saturated heterocycles. The number of ether oxygens (including phenoxy) is 1. The van der Waals surface area contributed by atoms with Crippen LogP contribution in [0, 0.1) is 0 Å². The number of halogens is 1. The summed E-state index contributed by atoms with van der Waals surface area (Å²) in [4.78, 5) is 24.3. The Morgan fingerprint density at radius 2 is 1.89 bits per heavy atom. The van der Waals surface area contributed by atoms with E-state index < -0.39 is 17.9 Å². The first kappa shape index (κ1) is 18.7. The van der Waals surface area contributed by atoms with Crippen LogP contribution in [0.25, 0.3) is 5.69 Å². The number of nitrogens with one attached hydrogen (secondary N) is 2. The van der Waals surface area contributed by atoms with Gasteiger partial charge in [-0.2, -0.15) is 5.10 Å². The molecule has 0 aliphatic rings. The number of hydrogen-bond acceptors (Lipinski definition) is 4. The SMILES string of the molecule is CC(Oc1cccc(Br)c1)C(=O)NNC(=O)c1cnn(-c2ccccc2)c1. The lowest BCUT2D eigenvalue weighted by atomic mass is 10.3. The van der Waals surface area contributed by atoms with Crippen LogP contribution >= 0.6 is 15.9 Å². The third-order valence-corrected chi connectivity index (χ3v) is 4.14. The summed E-state index contributed by atoms with van der Waals surface area (Å²) in [6, 6.07) is 16.5. The van der Waals surface area contributed by atoms with Gasteiger partial charge in [0.1, 0.15) is 5.75 Å². The van der Waals surface area contributed by atoms with E-state index in [4.69, 9.17) is 4.74 Å². The van der Waals surface area contributed by atoms with Gasteiger partial charge in [-0.05, 0) is 37.3 Å². The second-order valence-electron chi connectivity index (χ2n) is 5.67. The minimum absolute atomic E-state index is 0.319. The molecule has 8 heteroatoms. The number of nitrogens with zero attached hydrogens (tertiary/aromatic N) is 2. The quantitative estimate of drug-likeness (QED) is 0.611. The molecule has 3 rings (SSSR count). The van der Waals surface area contributed by atoms with E-state index in [1.54, 1.807) is 36.0 Å². The molecule has 1 heterocycles. The Hall–Kier alpha value is -3.13. The Morgan fingerprint density at radius 1 is 1.11 bits per heavy atom. The average Bonchev–Trinajstić information content (AvgIpc) is 3.17. The molecule has 0 radical (unpaired) electrons. The van der Waals surface area contributed by atoms with E-state index in [1.165, 1.54) is 6.20 Å². The van der Waals surface area contributed by atoms with Gasteiger partial charge in [-0.1, -0.05) is 40.2 Å². The monoisotopic (exact) mass is 428 g/mol. The second kappa shape index (κ2) is 8.50. The summed E-state index contributed by atoms with van der Waals surface area (Å²) >= 11 is 3.34. The van der Waals surface area contributed by atoms with Crippen molar-refractivity contribution < 1.29 is 14.3 Å². The summed E-state index contributed by atoms with van der Waals surface area (Å²) in [6.45, 7) is 1.59. The Morgan fingerprint density at radius 3 is 2.63 bits per heavy atom. The van der Waals surface area contributed by atoms with Gasteiger partial charge in [0.2, 0.25) is 0 Å². The molecule has 3 aromatic rings. The zero-order valence-corrected chi connectivity index (χ0v) is 16.0. The number of para-hydroxylation sites is 1. The normalized spacial score (nSPS) is 11.5. The first-order chi connectivity index (χ1) is 13.0. The van der Waals surface area contributed by atoms with Crippen molar-refractivity contribution in [2.24, 2.45) is 0 Å². The zero-order chi connectivity index (χ0) is 19.2. The van der Waals surface area contributed by atoms with Gasteiger partial charge in [-0.15, -0.1) is 0 Å². The van der Waals surface area contributed by atoms with Crippen LogP contribution in [0.3, 0.4) is 0 Å². The van der Waals surface area contributed by atoms with Crippen molar-refractivity contribution in [3.05, 3.63) is 77.0 Å². The van der Waals surface area contributed by atoms with Crippen molar-refractivity contribution in [3.8, 4) is 11.4 Å². The topological polar surface area (TPSA) is 85.2 Å². The van der Waals surface area contributed by atoms with E-state index in [2.05, 4.69) is 31.9 Å². The predicted octanol–water partition coefficient (Wildman–Crippen LogP) is 2.86. The fraction of sp³-hybridized carbons (Fsp3) is 0.105. The number of carbonyl (C=O) groups is 2. The minimum atomic E-state index is -0.786. The highest BCUT2D eigenvalue weighted by Gasteiger charge is 2.16. The molecule has 0 spiro atoms. The van der Waals surface area contributed by atoms with E-state index in [0.29, 0.717) is 11.3 Å². The Bertz CT molecular complexity index is 943. The van der Waals surface area contributed by atoms with Gasteiger partial charge in [0.15, 0.2) is 6.10 Å². The largest absolute Gasteiger partial charge is 0.481 e. The maximum atomic E-state index is 12.2. The molecule has 0 fully saturated rings. The molecule has 1 unspecified atom stereocenters. The van der Waals surface area contributed by atoms with Crippen molar-refractivity contribution >= 4 is 27.7 Å². The number of hydrogen-bond donors (Lipinski definition) is 2. The van der Waals surface area contributed by atoms with Gasteiger partial charge in [0.25, 0.3) is 11.8 Å². The zero-order valence-electron chi connectivity index (χ0n) is 14.4. The van der Waals surface area contributed by atoms with Crippen molar-refractivity contribution in [3.63, 3.8) is 0 Å². The molecule has 2 amide bonds. The van der Waals surface area contributed by atoms with Crippen LogP contribution in [0.5, 0.6) is 5.75 Å². The first-order valence-corrected chi connectivity index (χ1v) is 8.95. The summed E-state index contributed by atoms with van der Waals surface area (Å²) in [7, 11) is 0. The predicted molar refractivity (Wildman–Crippen MR) is 103 cm³/mol. The fourth-order valence-corrected chi connectivity index (χ4v) is 2.63. The molecule has 2 aromatic carbocycles. The highest BCUT2D eigenvalue weighted by molar-refractivity contribution is 9.10. The summed E-state index contributed by atoms with van der Waals surface area (Å²) in [5.74, 6) is -0.401. The molecule has 0 saturated carbocycles. The van der Waals surface area contributed by atoms with Gasteiger partial charge in [0, 0.05) is 10.7 Å². The van der Waals surface area contributed by atoms with Crippen LogP contribution in [-0.4, -0.2) is 27.7 Å². The number of carbonyl (C=O) groups excluding carboxylic acids is 2. The molecule has 0 bridgehead atoms. The maximum Gasteiger partial charge on any atom is 0.279 e. The molecule has 2 N–H and O–H groups in total. The van der Waals surface area contributed by atoms with Gasteiger partial charge in [0.05, 0.1) is 17.4 Å². The molecule has 1 atom stereocenters. The first-order valence-electron chi connectivity index (χ1n) is 8.15. The van der Waals surface area contributed by atoms with Crippen molar-refractivity contribution in [1.29, 1.82) is 0 Å². The Kier molecular flexibility index (Phi) is 5.87. The third-order valence-electron chi connectivity index (χ3n) is 3.64. The van der Waals surface area contributed by atoms with Crippen molar-refractivity contribution in [2.45, 2.75) is 13.0 Å². The van der Waals surface area contributed by atoms with E-state index >= 15 is 0 Å². The summed E-state index contributed by atoms with van der Waals surface area (Å²) in [5, 5.41) is 4.15. The lowest BCUT2D eigenvalue weighted by Gasteiger charge is -2.15. The van der Waals surface area contributed by atoms with Crippen LogP contribution in [0.15, 0.2) is 71.5 Å². The average molecular weight is 429 g/mol. The molecule has 0 aliphatic heterocycles. The van der Waals surface area contributed by atoms with E-state index in [9.17, 15) is 9.59 Å². The van der Waals surface area contributed by atoms with E-state index in [1.807, 2.05) is 36.4 Å². The number of benzene rings is 2. The van der Waals surface area contributed by atoms with Crippen LogP contribution in [0.4, 0.5) is 0 Å². The summed E-state index contributed by atoms with van der Waals surface area (Å²) in [5.41, 5.74) is 5.86. The highest BCUT2D eigenvalue weighted by Crippen LogP contribution is 2.18. The number of amides is 2. The summed E-state index contributed by atoms with van der Waals surface area (Å²) in [6.07, 6.45) is 2.22. The van der Waals surface area contributed by atoms with E-state index in [-0.39, 0.29) is 0 Å². The number of hydrazine groups is 1. The van der Waals surface area contributed by atoms with Crippen LogP contribution in [0.2, 0.25) is 0 Å². The molecular weight excluding hydrogens is 412 g/mol. The van der Waals surface area contributed by atoms with Gasteiger partial charge >= 0.3 is 0 Å². The highest BCUT2D eigenvalue weighted by atomic mass is 79.9. The van der Waals surface area contributed by atoms with Crippen molar-refractivity contribution in [2.75, 3.05) is 0 Å². The van der Waals surface area contributed by atoms with Gasteiger partial charge < -0.3 is 4.74 Å². The molecule has 27 heavy (non-hydrogen) atoms. The molecule has 138 valence electrons. The van der Waals surface area contributed by atoms with Gasteiger partial charge in [-0.25, -0.2) is 4.68 Å². The second-order valence-corrected chi connectivity index (χ2v) is 6.59. The van der Waals surface area contributed by atoms with Crippen LogP contribution < -0.4 is 15.6 Å². The van der Waals surface area contributed by atoms with Crippen molar-refractivity contribution in [1.82, 2.24) is 20.6 Å². The Balaban J connectivity index is 1.54. The Labute approximate surface area is 164 Å². The molecular formula is C19H17BrN4O3. The molecule has 7 nitrogen and oxygen atoms in total. The van der Waals surface area contributed by atoms with Crippen LogP contribution in [0.1, 0.15) is 17.3 Å². The minimum Gasteiger partial charge on any atom is -0.481 e.